The Morgan fingerprint density at radius 1 is 1.30 bits per heavy atom. The van der Waals surface area contributed by atoms with E-state index in [4.69, 9.17) is 0 Å². The maximum atomic E-state index is 13.3. The van der Waals surface area contributed by atoms with Gasteiger partial charge in [0.15, 0.2) is 17.5 Å². The average molecular weight is 286 g/mol. The summed E-state index contributed by atoms with van der Waals surface area (Å²) in [5.74, 6) is -4.30. The van der Waals surface area contributed by atoms with Crippen LogP contribution in [0.4, 0.5) is 18.9 Å². The molecule has 1 fully saturated rings. The molecule has 2 rings (SSSR count). The predicted molar refractivity (Wildman–Crippen MR) is 70.0 cm³/mol. The molecule has 0 radical (unpaired) electrons. The fourth-order valence-corrected chi connectivity index (χ4v) is 2.34. The lowest BCUT2D eigenvalue weighted by molar-refractivity contribution is -0.121. The maximum absolute atomic E-state index is 13.3. The van der Waals surface area contributed by atoms with Crippen molar-refractivity contribution in [1.82, 2.24) is 5.32 Å². The largest absolute Gasteiger partial charge is 0.311 e. The standard InChI is InChI=1S/C14H17F3N2O/c1-2-5-18-12-4-3-6-19(14(12)20)9-7-10(15)13(17)11(16)8-9/h7-8,12,18H,2-6H2,1H3. The number of hydrogen-bond donors (Lipinski definition) is 1. The molecule has 110 valence electrons. The van der Waals surface area contributed by atoms with Crippen LogP contribution in [0.2, 0.25) is 0 Å². The molecule has 6 heteroatoms. The third-order valence-corrected chi connectivity index (χ3v) is 3.36. The van der Waals surface area contributed by atoms with Gasteiger partial charge in [-0.15, -0.1) is 0 Å². The molecule has 1 aliphatic heterocycles. The summed E-state index contributed by atoms with van der Waals surface area (Å²) in [6.07, 6.45) is 2.32. The van der Waals surface area contributed by atoms with Crippen LogP contribution in [0.5, 0.6) is 0 Å². The molecule has 0 aromatic heterocycles. The molecule has 0 bridgehead atoms. The number of carbonyl (C=O) groups is 1. The normalized spacial score (nSPS) is 19.5. The van der Waals surface area contributed by atoms with Crippen LogP contribution in [0.15, 0.2) is 12.1 Å². The second-order valence-electron chi connectivity index (χ2n) is 4.86. The Morgan fingerprint density at radius 3 is 2.55 bits per heavy atom. The third kappa shape index (κ3) is 2.95. The van der Waals surface area contributed by atoms with Gasteiger partial charge in [0.2, 0.25) is 5.91 Å². The molecule has 1 aromatic rings. The summed E-state index contributed by atoms with van der Waals surface area (Å²) in [6.45, 7) is 3.08. The van der Waals surface area contributed by atoms with Crippen molar-refractivity contribution in [2.75, 3.05) is 18.0 Å². The molecule has 0 aliphatic carbocycles. The Bertz CT molecular complexity index is 484. The van der Waals surface area contributed by atoms with E-state index in [1.54, 1.807) is 0 Å². The minimum absolute atomic E-state index is 0.0643. The molecule has 20 heavy (non-hydrogen) atoms. The molecule has 1 heterocycles. The highest BCUT2D eigenvalue weighted by Crippen LogP contribution is 2.25. The second-order valence-corrected chi connectivity index (χ2v) is 4.86. The van der Waals surface area contributed by atoms with E-state index < -0.39 is 17.5 Å². The highest BCUT2D eigenvalue weighted by molar-refractivity contribution is 5.97. The van der Waals surface area contributed by atoms with Gasteiger partial charge in [-0.1, -0.05) is 6.92 Å². The SMILES string of the molecule is CCCNC1CCCN(c2cc(F)c(F)c(F)c2)C1=O. The molecule has 1 unspecified atom stereocenters. The molecular weight excluding hydrogens is 269 g/mol. The van der Waals surface area contributed by atoms with E-state index >= 15 is 0 Å². The third-order valence-electron chi connectivity index (χ3n) is 3.36. The first-order valence-electron chi connectivity index (χ1n) is 6.74. The molecule has 1 amide bonds. The first kappa shape index (κ1) is 14.8. The fourth-order valence-electron chi connectivity index (χ4n) is 2.34. The van der Waals surface area contributed by atoms with Crippen LogP contribution in [0.25, 0.3) is 0 Å². The number of piperidine rings is 1. The van der Waals surface area contributed by atoms with Crippen LogP contribution in [-0.4, -0.2) is 25.0 Å². The first-order chi connectivity index (χ1) is 9.54. The zero-order chi connectivity index (χ0) is 14.7. The van der Waals surface area contributed by atoms with Crippen molar-refractivity contribution in [2.45, 2.75) is 32.2 Å². The zero-order valence-electron chi connectivity index (χ0n) is 11.3. The van der Waals surface area contributed by atoms with E-state index in [0.29, 0.717) is 19.5 Å². The van der Waals surface area contributed by atoms with Gasteiger partial charge in [-0.3, -0.25) is 4.79 Å². The van der Waals surface area contributed by atoms with Crippen molar-refractivity contribution in [3.05, 3.63) is 29.6 Å². The lowest BCUT2D eigenvalue weighted by atomic mass is 10.0. The quantitative estimate of drug-likeness (QED) is 0.863. The summed E-state index contributed by atoms with van der Waals surface area (Å²) in [4.78, 5) is 13.6. The van der Waals surface area contributed by atoms with Crippen LogP contribution in [0.1, 0.15) is 26.2 Å². The van der Waals surface area contributed by atoms with E-state index in [1.807, 2.05) is 6.92 Å². The molecule has 0 spiro atoms. The number of anilines is 1. The molecule has 0 saturated carbocycles. The van der Waals surface area contributed by atoms with Crippen molar-refractivity contribution < 1.29 is 18.0 Å². The number of nitrogens with zero attached hydrogens (tertiary/aromatic N) is 1. The molecule has 1 N–H and O–H groups in total. The minimum atomic E-state index is -1.51. The number of hydrogen-bond acceptors (Lipinski definition) is 2. The monoisotopic (exact) mass is 286 g/mol. The summed E-state index contributed by atoms with van der Waals surface area (Å²) in [5.41, 5.74) is 0.0643. The van der Waals surface area contributed by atoms with E-state index in [1.165, 1.54) is 4.90 Å². The number of halogens is 3. The first-order valence-corrected chi connectivity index (χ1v) is 6.74. The molecule has 3 nitrogen and oxygen atoms in total. The van der Waals surface area contributed by atoms with E-state index in [9.17, 15) is 18.0 Å². The van der Waals surface area contributed by atoms with Gasteiger partial charge < -0.3 is 10.2 Å². The number of benzene rings is 1. The van der Waals surface area contributed by atoms with Gasteiger partial charge in [0.25, 0.3) is 0 Å². The molecule has 1 atom stereocenters. The zero-order valence-corrected chi connectivity index (χ0v) is 11.3. The molecule has 1 aliphatic rings. The highest BCUT2D eigenvalue weighted by atomic mass is 19.2. The van der Waals surface area contributed by atoms with Gasteiger partial charge in [0.05, 0.1) is 6.04 Å². The van der Waals surface area contributed by atoms with Crippen molar-refractivity contribution in [3.63, 3.8) is 0 Å². The number of amides is 1. The van der Waals surface area contributed by atoms with Crippen LogP contribution in [-0.2, 0) is 4.79 Å². The van der Waals surface area contributed by atoms with Gasteiger partial charge in [-0.25, -0.2) is 13.2 Å². The lowest BCUT2D eigenvalue weighted by Crippen LogP contribution is -2.51. The Kier molecular flexibility index (Phi) is 4.65. The van der Waals surface area contributed by atoms with Gasteiger partial charge in [0, 0.05) is 24.4 Å². The summed E-state index contributed by atoms with van der Waals surface area (Å²) in [6, 6.07) is 1.37. The molecule has 1 saturated heterocycles. The summed E-state index contributed by atoms with van der Waals surface area (Å²) in [7, 11) is 0. The van der Waals surface area contributed by atoms with Crippen molar-refractivity contribution >= 4 is 11.6 Å². The van der Waals surface area contributed by atoms with Crippen LogP contribution >= 0.6 is 0 Å². The topological polar surface area (TPSA) is 32.3 Å². The summed E-state index contributed by atoms with van der Waals surface area (Å²) < 4.78 is 39.5. The maximum Gasteiger partial charge on any atom is 0.244 e. The van der Waals surface area contributed by atoms with Crippen molar-refractivity contribution in [1.29, 1.82) is 0 Å². The average Bonchev–Trinajstić information content (AvgIpc) is 2.43. The fraction of sp³-hybridized carbons (Fsp3) is 0.500. The van der Waals surface area contributed by atoms with E-state index in [-0.39, 0.29) is 17.6 Å². The molecular formula is C14H17F3N2O. The van der Waals surface area contributed by atoms with Gasteiger partial charge in [-0.05, 0) is 25.8 Å². The van der Waals surface area contributed by atoms with Crippen LogP contribution in [0, 0.1) is 17.5 Å². The van der Waals surface area contributed by atoms with Crippen molar-refractivity contribution in [2.24, 2.45) is 0 Å². The minimum Gasteiger partial charge on any atom is -0.311 e. The predicted octanol–water partition coefficient (Wildman–Crippen LogP) is 2.60. The van der Waals surface area contributed by atoms with E-state index in [0.717, 1.165) is 25.0 Å². The Balaban J connectivity index is 2.21. The number of carbonyl (C=O) groups excluding carboxylic acids is 1. The van der Waals surface area contributed by atoms with Gasteiger partial charge >= 0.3 is 0 Å². The van der Waals surface area contributed by atoms with Crippen molar-refractivity contribution in [3.8, 4) is 0 Å². The van der Waals surface area contributed by atoms with E-state index in [2.05, 4.69) is 5.32 Å². The number of nitrogens with one attached hydrogen (secondary N) is 1. The van der Waals surface area contributed by atoms with Crippen LogP contribution < -0.4 is 10.2 Å². The summed E-state index contributed by atoms with van der Waals surface area (Å²) in [5, 5.41) is 3.11. The Hall–Kier alpha value is -1.56. The Morgan fingerprint density at radius 2 is 1.95 bits per heavy atom. The lowest BCUT2D eigenvalue weighted by Gasteiger charge is -2.32. The summed E-state index contributed by atoms with van der Waals surface area (Å²) >= 11 is 0. The highest BCUT2D eigenvalue weighted by Gasteiger charge is 2.30. The van der Waals surface area contributed by atoms with Crippen LogP contribution in [0.3, 0.4) is 0 Å². The van der Waals surface area contributed by atoms with Gasteiger partial charge in [0.1, 0.15) is 0 Å². The van der Waals surface area contributed by atoms with Gasteiger partial charge in [-0.2, -0.15) is 0 Å². The smallest absolute Gasteiger partial charge is 0.244 e. The second kappa shape index (κ2) is 6.26. The molecule has 1 aromatic carbocycles. The Labute approximate surface area is 115 Å². The number of rotatable bonds is 4.